The summed E-state index contributed by atoms with van der Waals surface area (Å²) in [7, 11) is 0. The van der Waals surface area contributed by atoms with E-state index in [9.17, 15) is 0 Å². The van der Waals surface area contributed by atoms with Crippen molar-refractivity contribution in [3.05, 3.63) is 64.0 Å². The molecular formula is C27H41N. The van der Waals surface area contributed by atoms with Crippen LogP contribution in [0.3, 0.4) is 0 Å². The molecule has 0 spiro atoms. The third-order valence-corrected chi connectivity index (χ3v) is 5.72. The second kappa shape index (κ2) is 9.25. The first-order valence-corrected chi connectivity index (χ1v) is 11.2. The number of nitrogens with zero attached hydrogens (tertiary/aromatic N) is 1. The summed E-state index contributed by atoms with van der Waals surface area (Å²) < 4.78 is 0. The van der Waals surface area contributed by atoms with Crippen LogP contribution in [0.1, 0.15) is 102 Å². The van der Waals surface area contributed by atoms with E-state index < -0.39 is 0 Å². The number of rotatable bonds is 7. The van der Waals surface area contributed by atoms with Gasteiger partial charge in [0.05, 0.1) is 0 Å². The van der Waals surface area contributed by atoms with Gasteiger partial charge < -0.3 is 0 Å². The highest BCUT2D eigenvalue weighted by atomic mass is 14.7. The van der Waals surface area contributed by atoms with Crippen LogP contribution < -0.4 is 0 Å². The number of unbranched alkanes of at least 4 members (excludes halogenated alkanes) is 1. The van der Waals surface area contributed by atoms with E-state index in [1.54, 1.807) is 5.56 Å². The van der Waals surface area contributed by atoms with Crippen molar-refractivity contribution >= 4 is 0 Å². The van der Waals surface area contributed by atoms with E-state index in [1.807, 2.05) is 6.20 Å². The molecule has 0 aliphatic rings. The molecule has 1 heteroatoms. The van der Waals surface area contributed by atoms with Crippen molar-refractivity contribution in [2.45, 2.75) is 105 Å². The third-order valence-electron chi connectivity index (χ3n) is 5.72. The van der Waals surface area contributed by atoms with Crippen LogP contribution in [0, 0.1) is 0 Å². The molecule has 1 aromatic carbocycles. The lowest BCUT2D eigenvalue weighted by Crippen LogP contribution is -2.18. The van der Waals surface area contributed by atoms with E-state index in [-0.39, 0.29) is 10.8 Å². The van der Waals surface area contributed by atoms with Gasteiger partial charge in [-0.15, -0.1) is 0 Å². The standard InChI is InChI=1S/C27H41N/c1-9-20-15-13-16-22(24(20)26(3,4)5)14-11-12-17-23-25(27(6,7)8)21(10-2)18-19-28-23/h13,15-16,18-19H,9-12,14,17H2,1-8H3. The second-order valence-electron chi connectivity index (χ2n) is 10.2. The van der Waals surface area contributed by atoms with Crippen molar-refractivity contribution in [1.82, 2.24) is 4.98 Å². The molecular weight excluding hydrogens is 338 g/mol. The van der Waals surface area contributed by atoms with Crippen molar-refractivity contribution in [2.24, 2.45) is 0 Å². The summed E-state index contributed by atoms with van der Waals surface area (Å²) in [5, 5.41) is 0. The molecule has 2 rings (SSSR count). The molecule has 0 aliphatic heterocycles. The number of aromatic nitrogens is 1. The van der Waals surface area contributed by atoms with Crippen molar-refractivity contribution in [2.75, 3.05) is 0 Å². The monoisotopic (exact) mass is 379 g/mol. The average Bonchev–Trinajstić information content (AvgIpc) is 2.62. The van der Waals surface area contributed by atoms with Gasteiger partial charge in [-0.1, -0.05) is 73.6 Å². The molecule has 0 atom stereocenters. The Labute approximate surface area is 174 Å². The number of pyridine rings is 1. The molecule has 28 heavy (non-hydrogen) atoms. The number of hydrogen-bond acceptors (Lipinski definition) is 1. The van der Waals surface area contributed by atoms with Crippen LogP contribution in [0.25, 0.3) is 0 Å². The Hall–Kier alpha value is -1.63. The van der Waals surface area contributed by atoms with Gasteiger partial charge in [-0.05, 0) is 83.2 Å². The zero-order chi connectivity index (χ0) is 20.9. The maximum atomic E-state index is 4.78. The van der Waals surface area contributed by atoms with Crippen molar-refractivity contribution in [1.29, 1.82) is 0 Å². The molecule has 0 saturated heterocycles. The maximum Gasteiger partial charge on any atom is 0.0443 e. The fourth-order valence-electron chi connectivity index (χ4n) is 4.68. The largest absolute Gasteiger partial charge is 0.261 e. The Balaban J connectivity index is 2.13. The minimum absolute atomic E-state index is 0.157. The number of aryl methyl sites for hydroxylation is 4. The fraction of sp³-hybridized carbons (Fsp3) is 0.593. The molecule has 154 valence electrons. The molecule has 0 N–H and O–H groups in total. The lowest BCUT2D eigenvalue weighted by atomic mass is 9.78. The normalized spacial score (nSPS) is 12.4. The van der Waals surface area contributed by atoms with E-state index in [1.165, 1.54) is 47.2 Å². The maximum absolute atomic E-state index is 4.78. The molecule has 1 heterocycles. The van der Waals surface area contributed by atoms with Gasteiger partial charge in [0.25, 0.3) is 0 Å². The van der Waals surface area contributed by atoms with E-state index in [0.717, 1.165) is 19.3 Å². The van der Waals surface area contributed by atoms with Crippen LogP contribution in [0.4, 0.5) is 0 Å². The van der Waals surface area contributed by atoms with Crippen molar-refractivity contribution < 1.29 is 0 Å². The van der Waals surface area contributed by atoms with Gasteiger partial charge in [-0.25, -0.2) is 0 Å². The Morgan fingerprint density at radius 1 is 0.679 bits per heavy atom. The first-order chi connectivity index (χ1) is 13.1. The predicted molar refractivity (Wildman–Crippen MR) is 123 cm³/mol. The SMILES string of the molecule is CCc1cccc(CCCCc2nccc(CC)c2C(C)(C)C)c1C(C)(C)C. The Morgan fingerprint density at radius 3 is 1.79 bits per heavy atom. The first-order valence-electron chi connectivity index (χ1n) is 11.2. The van der Waals surface area contributed by atoms with Gasteiger partial charge in [-0.3, -0.25) is 4.98 Å². The molecule has 2 aromatic rings. The van der Waals surface area contributed by atoms with Crippen LogP contribution in [0.5, 0.6) is 0 Å². The van der Waals surface area contributed by atoms with Gasteiger partial charge in [-0.2, -0.15) is 0 Å². The highest BCUT2D eigenvalue weighted by Crippen LogP contribution is 2.32. The molecule has 0 unspecified atom stereocenters. The summed E-state index contributed by atoms with van der Waals surface area (Å²) in [4.78, 5) is 4.78. The minimum atomic E-state index is 0.157. The molecule has 1 aromatic heterocycles. The van der Waals surface area contributed by atoms with Gasteiger partial charge in [0.1, 0.15) is 0 Å². The van der Waals surface area contributed by atoms with Crippen LogP contribution in [-0.2, 0) is 36.5 Å². The highest BCUT2D eigenvalue weighted by Gasteiger charge is 2.23. The molecule has 0 fully saturated rings. The van der Waals surface area contributed by atoms with Crippen LogP contribution in [0.2, 0.25) is 0 Å². The molecule has 1 nitrogen and oxygen atoms in total. The van der Waals surface area contributed by atoms with Gasteiger partial charge in [0, 0.05) is 11.9 Å². The number of hydrogen-bond donors (Lipinski definition) is 0. The van der Waals surface area contributed by atoms with E-state index >= 15 is 0 Å². The van der Waals surface area contributed by atoms with Crippen LogP contribution >= 0.6 is 0 Å². The van der Waals surface area contributed by atoms with E-state index in [4.69, 9.17) is 4.98 Å². The topological polar surface area (TPSA) is 12.9 Å². The summed E-state index contributed by atoms with van der Waals surface area (Å²) >= 11 is 0. The lowest BCUT2D eigenvalue weighted by Gasteiger charge is -2.27. The van der Waals surface area contributed by atoms with Crippen LogP contribution in [-0.4, -0.2) is 4.98 Å². The second-order valence-corrected chi connectivity index (χ2v) is 10.2. The summed E-state index contributed by atoms with van der Waals surface area (Å²) in [5.74, 6) is 0. The molecule has 0 radical (unpaired) electrons. The average molecular weight is 380 g/mol. The summed E-state index contributed by atoms with van der Waals surface area (Å²) in [6.07, 6.45) is 8.87. The van der Waals surface area contributed by atoms with E-state index in [0.29, 0.717) is 0 Å². The Bertz CT molecular complexity index is 704. The molecule has 0 bridgehead atoms. The molecule has 0 aliphatic carbocycles. The smallest absolute Gasteiger partial charge is 0.0443 e. The Morgan fingerprint density at radius 2 is 1.21 bits per heavy atom. The van der Waals surface area contributed by atoms with E-state index in [2.05, 4.69) is 79.7 Å². The molecule has 0 amide bonds. The lowest BCUT2D eigenvalue weighted by molar-refractivity contribution is 0.561. The van der Waals surface area contributed by atoms with Crippen LogP contribution in [0.15, 0.2) is 30.5 Å². The predicted octanol–water partition coefficient (Wildman–Crippen LogP) is 7.37. The third kappa shape index (κ3) is 5.46. The summed E-state index contributed by atoms with van der Waals surface area (Å²) in [5.41, 5.74) is 9.23. The van der Waals surface area contributed by atoms with Gasteiger partial charge >= 0.3 is 0 Å². The quantitative estimate of drug-likeness (QED) is 0.458. The van der Waals surface area contributed by atoms with Gasteiger partial charge in [0.15, 0.2) is 0 Å². The highest BCUT2D eigenvalue weighted by molar-refractivity contribution is 5.40. The zero-order valence-corrected chi connectivity index (χ0v) is 19.6. The van der Waals surface area contributed by atoms with Gasteiger partial charge in [0.2, 0.25) is 0 Å². The zero-order valence-electron chi connectivity index (χ0n) is 19.6. The van der Waals surface area contributed by atoms with Crippen molar-refractivity contribution in [3.8, 4) is 0 Å². The first kappa shape index (κ1) is 22.7. The van der Waals surface area contributed by atoms with Crippen molar-refractivity contribution in [3.63, 3.8) is 0 Å². The Kier molecular flexibility index (Phi) is 7.48. The summed E-state index contributed by atoms with van der Waals surface area (Å²) in [6.45, 7) is 18.5. The minimum Gasteiger partial charge on any atom is -0.261 e. The number of benzene rings is 1. The summed E-state index contributed by atoms with van der Waals surface area (Å²) in [6, 6.07) is 9.10. The molecule has 0 saturated carbocycles. The fourth-order valence-corrected chi connectivity index (χ4v) is 4.68.